The zero-order valence-corrected chi connectivity index (χ0v) is 24.7. The van der Waals surface area contributed by atoms with Gasteiger partial charge in [-0.05, 0) is 31.2 Å². The smallest absolute Gasteiger partial charge is 0.164 e. The first-order valence-corrected chi connectivity index (χ1v) is 14.9. The Hall–Kier alpha value is -4.23. The first-order chi connectivity index (χ1) is 20.9. The van der Waals surface area contributed by atoms with E-state index in [1.165, 1.54) is 6.33 Å². The molecule has 4 atom stereocenters. The van der Waals surface area contributed by atoms with Gasteiger partial charge in [-0.25, -0.2) is 19.9 Å². The molecule has 12 heteroatoms. The number of nitrogens with zero attached hydrogens (tertiary/aromatic N) is 5. The van der Waals surface area contributed by atoms with E-state index in [2.05, 4.69) is 9.97 Å². The summed E-state index contributed by atoms with van der Waals surface area (Å²) in [5, 5.41) is 22.4. The molecule has 6 rings (SSSR count). The van der Waals surface area contributed by atoms with Crippen LogP contribution in [0.5, 0.6) is 11.5 Å². The molecule has 0 aliphatic carbocycles. The molecule has 11 nitrogen and oxygen atoms in total. The molecule has 0 spiro atoms. The lowest BCUT2D eigenvalue weighted by atomic mass is 10.0. The van der Waals surface area contributed by atoms with Gasteiger partial charge in [0.25, 0.3) is 0 Å². The third-order valence-corrected chi connectivity index (χ3v) is 8.64. The number of ether oxygens (including phenoxy) is 3. The summed E-state index contributed by atoms with van der Waals surface area (Å²) in [5.41, 5.74) is 10.9. The van der Waals surface area contributed by atoms with Gasteiger partial charge in [-0.3, -0.25) is 0 Å². The lowest BCUT2D eigenvalue weighted by Crippen LogP contribution is -2.32. The van der Waals surface area contributed by atoms with Gasteiger partial charge in [0.15, 0.2) is 23.6 Å². The summed E-state index contributed by atoms with van der Waals surface area (Å²) >= 11 is 1.58. The second-order valence-corrected chi connectivity index (χ2v) is 11.2. The molecule has 2 aromatic carbocycles. The van der Waals surface area contributed by atoms with Crippen LogP contribution in [0.2, 0.25) is 0 Å². The largest absolute Gasteiger partial charge is 0.493 e. The number of benzene rings is 2. The van der Waals surface area contributed by atoms with Crippen molar-refractivity contribution in [3.63, 3.8) is 0 Å². The fourth-order valence-electron chi connectivity index (χ4n) is 5.28. The topological polar surface area (TPSA) is 151 Å². The van der Waals surface area contributed by atoms with Gasteiger partial charge in [-0.15, -0.1) is 0 Å². The van der Waals surface area contributed by atoms with Crippen molar-refractivity contribution in [1.29, 1.82) is 0 Å². The van der Waals surface area contributed by atoms with Crippen LogP contribution in [-0.2, 0) is 10.5 Å². The van der Waals surface area contributed by atoms with Crippen molar-refractivity contribution in [3.8, 4) is 34.1 Å². The van der Waals surface area contributed by atoms with Gasteiger partial charge in [0.05, 0.1) is 31.4 Å². The van der Waals surface area contributed by atoms with Gasteiger partial charge in [-0.2, -0.15) is 11.8 Å². The number of nitrogen functional groups attached to an aromatic ring is 1. The summed E-state index contributed by atoms with van der Waals surface area (Å²) < 4.78 is 18.7. The molecule has 0 saturated carbocycles. The maximum absolute atomic E-state index is 10.9. The van der Waals surface area contributed by atoms with E-state index in [-0.39, 0.29) is 0 Å². The molecule has 1 fully saturated rings. The predicted molar refractivity (Wildman–Crippen MR) is 165 cm³/mol. The molecule has 3 aromatic heterocycles. The third kappa shape index (κ3) is 5.50. The summed E-state index contributed by atoms with van der Waals surface area (Å²) in [4.78, 5) is 18.2. The van der Waals surface area contributed by atoms with Crippen molar-refractivity contribution in [3.05, 3.63) is 78.4 Å². The Bertz CT molecular complexity index is 1750. The number of aliphatic hydroxyl groups excluding tert-OH is 2. The van der Waals surface area contributed by atoms with E-state index in [1.807, 2.05) is 55.5 Å². The number of methoxy groups -OCH3 is 2. The van der Waals surface area contributed by atoms with Crippen LogP contribution in [0, 0.1) is 6.92 Å². The second-order valence-electron chi connectivity index (χ2n) is 10.2. The number of aliphatic hydroxyl groups is 2. The van der Waals surface area contributed by atoms with E-state index in [0.717, 1.165) is 28.1 Å². The summed E-state index contributed by atoms with van der Waals surface area (Å²) in [7, 11) is 3.20. The lowest BCUT2D eigenvalue weighted by molar-refractivity contribution is -0.0285. The van der Waals surface area contributed by atoms with Crippen LogP contribution in [0.15, 0.2) is 67.1 Å². The number of aryl methyl sites for hydroxylation is 1. The van der Waals surface area contributed by atoms with Gasteiger partial charge in [0.2, 0.25) is 0 Å². The Morgan fingerprint density at radius 1 is 0.953 bits per heavy atom. The number of nitrogens with two attached hydrogens (primary N) is 1. The van der Waals surface area contributed by atoms with E-state index < -0.39 is 24.5 Å². The van der Waals surface area contributed by atoms with Gasteiger partial charge in [0.1, 0.15) is 30.0 Å². The Balaban J connectivity index is 1.24. The molecule has 1 aliphatic rings. The van der Waals surface area contributed by atoms with Crippen molar-refractivity contribution in [2.45, 2.75) is 37.2 Å². The van der Waals surface area contributed by atoms with Gasteiger partial charge in [-0.1, -0.05) is 30.3 Å². The van der Waals surface area contributed by atoms with Crippen molar-refractivity contribution in [2.24, 2.45) is 0 Å². The molecule has 1 saturated heterocycles. The molecule has 4 N–H and O–H groups in total. The van der Waals surface area contributed by atoms with Crippen molar-refractivity contribution in [1.82, 2.24) is 24.5 Å². The molecule has 5 aromatic rings. The number of rotatable bonds is 9. The fourth-order valence-corrected chi connectivity index (χ4v) is 6.45. The van der Waals surface area contributed by atoms with Crippen molar-refractivity contribution in [2.75, 3.05) is 25.7 Å². The fraction of sp³-hybridized carbons (Fsp3) is 0.290. The van der Waals surface area contributed by atoms with Crippen LogP contribution in [0.1, 0.15) is 17.5 Å². The normalized spacial score (nSPS) is 20.0. The van der Waals surface area contributed by atoms with Crippen LogP contribution in [0.3, 0.4) is 0 Å². The number of aromatic nitrogens is 5. The Morgan fingerprint density at radius 3 is 2.51 bits per heavy atom. The maximum atomic E-state index is 10.9. The van der Waals surface area contributed by atoms with Crippen LogP contribution in [0.4, 0.5) is 5.82 Å². The van der Waals surface area contributed by atoms with Crippen LogP contribution < -0.4 is 15.2 Å². The maximum Gasteiger partial charge on any atom is 0.164 e. The molecule has 0 radical (unpaired) electrons. The Morgan fingerprint density at radius 2 is 1.74 bits per heavy atom. The lowest BCUT2D eigenvalue weighted by Gasteiger charge is -2.17. The van der Waals surface area contributed by atoms with E-state index in [4.69, 9.17) is 29.9 Å². The molecular weight excluding hydrogens is 568 g/mol. The standard InChI is InChI=1S/C31H32N6O5S/c1-17-21(14-43-15-24-26(38)27(39)31(42-24)37-12-11-20-28(32)33-16-34-30(20)37)25(18-7-5-4-6-8-18)36-29(35-17)19-9-10-22(40-2)23(13-19)41-3/h4-13,16,24,26-27,31,38-39H,14-15H2,1-3H3,(H2,32,33,34)/t24-,26-,27-,31-/m1/s1. The summed E-state index contributed by atoms with van der Waals surface area (Å²) in [6.45, 7) is 1.97. The third-order valence-electron chi connectivity index (χ3n) is 7.58. The SMILES string of the molecule is COc1ccc(-c2nc(C)c(CSC[C@H]3O[C@@H](n4ccc5c(N)ncnc54)[C@H](O)[C@@H]3O)c(-c3ccccc3)n2)cc1OC. The van der Waals surface area contributed by atoms with Gasteiger partial charge < -0.3 is 34.7 Å². The van der Waals surface area contributed by atoms with E-state index in [9.17, 15) is 10.2 Å². The molecule has 4 heterocycles. The molecule has 43 heavy (non-hydrogen) atoms. The minimum Gasteiger partial charge on any atom is -0.493 e. The Labute approximate surface area is 252 Å². The molecule has 0 unspecified atom stereocenters. The van der Waals surface area contributed by atoms with Crippen LogP contribution in [0.25, 0.3) is 33.7 Å². The van der Waals surface area contributed by atoms with Crippen molar-refractivity contribution < 1.29 is 24.4 Å². The monoisotopic (exact) mass is 600 g/mol. The Kier molecular flexibility index (Phi) is 8.17. The van der Waals surface area contributed by atoms with Gasteiger partial charge in [0, 0.05) is 40.1 Å². The zero-order valence-electron chi connectivity index (χ0n) is 23.9. The minimum absolute atomic E-state index is 0.341. The second kappa shape index (κ2) is 12.2. The number of fused-ring (bicyclic) bond motifs is 1. The molecule has 222 valence electrons. The molecule has 0 bridgehead atoms. The first kappa shape index (κ1) is 28.9. The van der Waals surface area contributed by atoms with Crippen molar-refractivity contribution >= 4 is 28.6 Å². The first-order valence-electron chi connectivity index (χ1n) is 13.7. The number of hydrogen-bond donors (Lipinski definition) is 3. The summed E-state index contributed by atoms with van der Waals surface area (Å²) in [6, 6.07) is 17.4. The zero-order chi connectivity index (χ0) is 30.1. The highest BCUT2D eigenvalue weighted by molar-refractivity contribution is 7.98. The molecular formula is C31H32N6O5S. The number of thioether (sulfide) groups is 1. The van der Waals surface area contributed by atoms with E-state index >= 15 is 0 Å². The summed E-state index contributed by atoms with van der Waals surface area (Å²) in [6.07, 6.45) is -0.522. The van der Waals surface area contributed by atoms with Crippen LogP contribution >= 0.6 is 11.8 Å². The van der Waals surface area contributed by atoms with E-state index in [1.54, 1.807) is 42.8 Å². The quantitative estimate of drug-likeness (QED) is 0.225. The average Bonchev–Trinajstić information content (AvgIpc) is 3.59. The average molecular weight is 601 g/mol. The number of anilines is 1. The molecule has 1 aliphatic heterocycles. The minimum atomic E-state index is -1.14. The van der Waals surface area contributed by atoms with E-state index in [0.29, 0.717) is 45.7 Å². The highest BCUT2D eigenvalue weighted by atomic mass is 32.2. The predicted octanol–water partition coefficient (Wildman–Crippen LogP) is 4.02. The highest BCUT2D eigenvalue weighted by Crippen LogP contribution is 2.37. The molecule has 0 amide bonds. The number of hydrogen-bond acceptors (Lipinski definition) is 11. The summed E-state index contributed by atoms with van der Waals surface area (Å²) in [5.74, 6) is 3.16. The highest BCUT2D eigenvalue weighted by Gasteiger charge is 2.44. The van der Waals surface area contributed by atoms with Crippen LogP contribution in [-0.4, -0.2) is 73.0 Å². The van der Waals surface area contributed by atoms with Gasteiger partial charge >= 0.3 is 0 Å².